The molecule has 1 aliphatic heterocycles. The fraction of sp³-hybridized carbons (Fsp3) is 0.0667. The lowest BCUT2D eigenvalue weighted by atomic mass is 10.2. The summed E-state index contributed by atoms with van der Waals surface area (Å²) in [7, 11) is 0. The average molecular weight is 309 g/mol. The first-order valence-corrected chi connectivity index (χ1v) is 6.81. The zero-order valence-electron chi connectivity index (χ0n) is 11.8. The molecular formula is C15H11N5O3. The zero-order valence-corrected chi connectivity index (χ0v) is 11.8. The second-order valence-electron chi connectivity index (χ2n) is 4.76. The molecular weight excluding hydrogens is 298 g/mol. The van der Waals surface area contributed by atoms with Gasteiger partial charge in [-0.05, 0) is 18.2 Å². The topological polar surface area (TPSA) is 91.2 Å². The fourth-order valence-electron chi connectivity index (χ4n) is 2.14. The van der Waals surface area contributed by atoms with Crippen LogP contribution >= 0.6 is 0 Å². The van der Waals surface area contributed by atoms with E-state index in [1.54, 1.807) is 41.5 Å². The lowest BCUT2D eigenvalue weighted by Gasteiger charge is -2.06. The summed E-state index contributed by atoms with van der Waals surface area (Å²) in [6.07, 6.45) is 8.04. The van der Waals surface area contributed by atoms with Crippen LogP contribution in [0.25, 0.3) is 5.95 Å². The van der Waals surface area contributed by atoms with Crippen LogP contribution in [0.2, 0.25) is 0 Å². The van der Waals surface area contributed by atoms with Gasteiger partial charge < -0.3 is 14.8 Å². The summed E-state index contributed by atoms with van der Waals surface area (Å²) < 4.78 is 12.1. The summed E-state index contributed by atoms with van der Waals surface area (Å²) in [6, 6.07) is 5.01. The molecule has 1 N–H and O–H groups in total. The maximum atomic E-state index is 12.2. The number of amides is 1. The molecule has 0 bridgehead atoms. The van der Waals surface area contributed by atoms with Crippen LogP contribution in [-0.2, 0) is 0 Å². The molecule has 0 spiro atoms. The second kappa shape index (κ2) is 5.41. The van der Waals surface area contributed by atoms with Crippen molar-refractivity contribution in [2.45, 2.75) is 0 Å². The van der Waals surface area contributed by atoms with E-state index in [4.69, 9.17) is 9.47 Å². The second-order valence-corrected chi connectivity index (χ2v) is 4.76. The highest BCUT2D eigenvalue weighted by molar-refractivity contribution is 6.04. The Morgan fingerprint density at radius 2 is 2.00 bits per heavy atom. The molecule has 0 radical (unpaired) electrons. The van der Waals surface area contributed by atoms with Gasteiger partial charge in [-0.25, -0.2) is 15.0 Å². The summed E-state index contributed by atoms with van der Waals surface area (Å²) >= 11 is 0. The largest absolute Gasteiger partial charge is 0.454 e. The van der Waals surface area contributed by atoms with E-state index in [0.29, 0.717) is 28.7 Å². The van der Waals surface area contributed by atoms with Crippen LogP contribution in [0.4, 0.5) is 5.69 Å². The third-order valence-electron chi connectivity index (χ3n) is 3.27. The van der Waals surface area contributed by atoms with Crippen molar-refractivity contribution in [3.8, 4) is 17.4 Å². The van der Waals surface area contributed by atoms with Crippen molar-refractivity contribution in [3.63, 3.8) is 0 Å². The molecule has 23 heavy (non-hydrogen) atoms. The Bertz CT molecular complexity index is 846. The molecule has 0 aliphatic carbocycles. The Labute approximate surface area is 130 Å². The lowest BCUT2D eigenvalue weighted by Crippen LogP contribution is -2.12. The molecule has 0 atom stereocenters. The molecule has 0 saturated heterocycles. The monoisotopic (exact) mass is 309 g/mol. The van der Waals surface area contributed by atoms with Gasteiger partial charge in [-0.15, -0.1) is 0 Å². The van der Waals surface area contributed by atoms with E-state index < -0.39 is 0 Å². The molecule has 0 unspecified atom stereocenters. The van der Waals surface area contributed by atoms with Gasteiger partial charge in [-0.1, -0.05) is 0 Å². The predicted octanol–water partition coefficient (Wildman–Crippen LogP) is 1.64. The van der Waals surface area contributed by atoms with Crippen molar-refractivity contribution < 1.29 is 14.3 Å². The number of hydrogen-bond acceptors (Lipinski definition) is 6. The van der Waals surface area contributed by atoms with E-state index in [1.165, 1.54) is 12.4 Å². The van der Waals surface area contributed by atoms with Crippen LogP contribution in [0.1, 0.15) is 10.4 Å². The molecule has 114 valence electrons. The van der Waals surface area contributed by atoms with Crippen molar-refractivity contribution in [1.82, 2.24) is 19.5 Å². The maximum Gasteiger partial charge on any atom is 0.255 e. The van der Waals surface area contributed by atoms with Gasteiger partial charge in [0.2, 0.25) is 12.7 Å². The van der Waals surface area contributed by atoms with Gasteiger partial charge in [0.15, 0.2) is 11.5 Å². The molecule has 1 aliphatic rings. The number of rotatable bonds is 3. The molecule has 2 aromatic heterocycles. The summed E-state index contributed by atoms with van der Waals surface area (Å²) in [6.45, 7) is 0.171. The molecule has 0 saturated carbocycles. The number of fused-ring (bicyclic) bond motifs is 1. The summed E-state index contributed by atoms with van der Waals surface area (Å²) in [5.41, 5.74) is 0.962. The summed E-state index contributed by atoms with van der Waals surface area (Å²) in [4.78, 5) is 24.5. The van der Waals surface area contributed by atoms with Crippen LogP contribution in [-0.4, -0.2) is 32.2 Å². The van der Waals surface area contributed by atoms with Crippen LogP contribution in [0, 0.1) is 0 Å². The van der Waals surface area contributed by atoms with Crippen LogP contribution in [0.15, 0.2) is 49.3 Å². The fourth-order valence-corrected chi connectivity index (χ4v) is 2.14. The first-order chi connectivity index (χ1) is 11.3. The molecule has 8 heteroatoms. The number of nitrogens with one attached hydrogen (secondary N) is 1. The van der Waals surface area contributed by atoms with E-state index >= 15 is 0 Å². The highest BCUT2D eigenvalue weighted by atomic mass is 16.7. The number of carbonyl (C=O) groups excluding carboxylic acids is 1. The molecule has 1 aromatic carbocycles. The van der Waals surface area contributed by atoms with E-state index in [2.05, 4.69) is 20.3 Å². The van der Waals surface area contributed by atoms with Crippen molar-refractivity contribution >= 4 is 11.6 Å². The van der Waals surface area contributed by atoms with Crippen LogP contribution in [0.5, 0.6) is 11.5 Å². The number of carbonyl (C=O) groups is 1. The smallest absolute Gasteiger partial charge is 0.255 e. The molecule has 3 aromatic rings. The van der Waals surface area contributed by atoms with Gasteiger partial charge in [-0.2, -0.15) is 0 Å². The number of hydrogen-bond donors (Lipinski definition) is 1. The quantitative estimate of drug-likeness (QED) is 0.791. The molecule has 1 amide bonds. The Morgan fingerprint density at radius 1 is 1.17 bits per heavy atom. The van der Waals surface area contributed by atoms with E-state index in [1.807, 2.05) is 0 Å². The van der Waals surface area contributed by atoms with E-state index in [-0.39, 0.29) is 12.7 Å². The first-order valence-electron chi connectivity index (χ1n) is 6.81. The summed E-state index contributed by atoms with van der Waals surface area (Å²) in [5.74, 6) is 1.39. The van der Waals surface area contributed by atoms with Gasteiger partial charge in [0.25, 0.3) is 5.91 Å². The third-order valence-corrected chi connectivity index (χ3v) is 3.27. The van der Waals surface area contributed by atoms with Gasteiger partial charge in [0, 0.05) is 18.0 Å². The Balaban J connectivity index is 1.50. The first kappa shape index (κ1) is 13.3. The number of anilines is 1. The Morgan fingerprint density at radius 3 is 2.78 bits per heavy atom. The number of imidazole rings is 1. The minimum atomic E-state index is -0.276. The normalized spacial score (nSPS) is 12.2. The van der Waals surface area contributed by atoms with Crippen molar-refractivity contribution in [1.29, 1.82) is 0 Å². The molecule has 4 rings (SSSR count). The highest BCUT2D eigenvalue weighted by Gasteiger charge is 2.16. The molecule has 0 fully saturated rings. The van der Waals surface area contributed by atoms with Crippen LogP contribution in [0.3, 0.4) is 0 Å². The molecule has 3 heterocycles. The number of aromatic nitrogens is 4. The highest BCUT2D eigenvalue weighted by Crippen LogP contribution is 2.32. The van der Waals surface area contributed by atoms with E-state index in [0.717, 1.165) is 0 Å². The van der Waals surface area contributed by atoms with Gasteiger partial charge in [-0.3, -0.25) is 9.36 Å². The maximum absolute atomic E-state index is 12.2. The predicted molar refractivity (Wildman–Crippen MR) is 79.7 cm³/mol. The van der Waals surface area contributed by atoms with Crippen molar-refractivity contribution in [2.24, 2.45) is 0 Å². The Kier molecular flexibility index (Phi) is 3.12. The van der Waals surface area contributed by atoms with Gasteiger partial charge in [0.1, 0.15) is 6.33 Å². The standard InChI is InChI=1S/C15H11N5O3/c21-14(10-1-2-12-13(5-10)23-9-22-12)19-11-6-17-15(18-7-11)20-4-3-16-8-20/h1-8H,9H2,(H,19,21). The Hall–Kier alpha value is -3.42. The number of ether oxygens (including phenoxy) is 2. The number of nitrogens with zero attached hydrogens (tertiary/aromatic N) is 4. The minimum Gasteiger partial charge on any atom is -0.454 e. The van der Waals surface area contributed by atoms with Gasteiger partial charge in [0.05, 0.1) is 18.1 Å². The van der Waals surface area contributed by atoms with Gasteiger partial charge >= 0.3 is 0 Å². The van der Waals surface area contributed by atoms with Crippen molar-refractivity contribution in [3.05, 3.63) is 54.9 Å². The van der Waals surface area contributed by atoms with Crippen LogP contribution < -0.4 is 14.8 Å². The lowest BCUT2D eigenvalue weighted by molar-refractivity contribution is 0.102. The molecule has 8 nitrogen and oxygen atoms in total. The SMILES string of the molecule is O=C(Nc1cnc(-n2ccnc2)nc1)c1ccc2c(c1)OCO2. The number of benzene rings is 1. The van der Waals surface area contributed by atoms with E-state index in [9.17, 15) is 4.79 Å². The van der Waals surface area contributed by atoms with Crippen molar-refractivity contribution in [2.75, 3.05) is 12.1 Å². The average Bonchev–Trinajstić information content (AvgIpc) is 3.26. The minimum absolute atomic E-state index is 0.171. The third kappa shape index (κ3) is 2.57. The summed E-state index contributed by atoms with van der Waals surface area (Å²) in [5, 5.41) is 2.74. The zero-order chi connectivity index (χ0) is 15.6.